The van der Waals surface area contributed by atoms with Crippen molar-refractivity contribution >= 4 is 5.97 Å². The molecule has 0 radical (unpaired) electrons. The van der Waals surface area contributed by atoms with Crippen molar-refractivity contribution in [1.82, 2.24) is 0 Å². The number of rotatable bonds is 6. The predicted octanol–water partition coefficient (Wildman–Crippen LogP) is 3.66. The molecular weight excluding hydrogens is 340 g/mol. The van der Waals surface area contributed by atoms with Crippen LogP contribution in [0.4, 0.5) is 0 Å². The number of hydrogen-bond acceptors (Lipinski definition) is 4. The van der Waals surface area contributed by atoms with E-state index in [1.165, 1.54) is 19.3 Å². The van der Waals surface area contributed by atoms with Crippen molar-refractivity contribution in [3.63, 3.8) is 0 Å². The van der Waals surface area contributed by atoms with Crippen molar-refractivity contribution in [2.24, 2.45) is 53.3 Å². The number of aliphatic hydroxyl groups excluding tert-OH is 1. The molecule has 152 valence electrons. The Morgan fingerprint density at radius 3 is 2.15 bits per heavy atom. The summed E-state index contributed by atoms with van der Waals surface area (Å²) in [6.45, 7) is 5.68. The van der Waals surface area contributed by atoms with Crippen LogP contribution in [0.3, 0.4) is 0 Å². The number of fused-ring (bicyclic) bond motifs is 2. The third-order valence-electron chi connectivity index (χ3n) is 9.31. The summed E-state index contributed by atoms with van der Waals surface area (Å²) in [5, 5.41) is 9.07. The van der Waals surface area contributed by atoms with Gasteiger partial charge < -0.3 is 14.6 Å². The maximum atomic E-state index is 13.5. The monoisotopic (exact) mass is 376 g/mol. The SMILES string of the molecule is CC1C(C)C2CC1C(COCCO)C2C(=O)OC12CC3CC(CC(C3)C1)C2. The van der Waals surface area contributed by atoms with Crippen LogP contribution in [-0.2, 0) is 14.3 Å². The summed E-state index contributed by atoms with van der Waals surface area (Å²) in [4.78, 5) is 13.5. The maximum absolute atomic E-state index is 13.5. The number of carbonyl (C=O) groups is 1. The van der Waals surface area contributed by atoms with E-state index in [9.17, 15) is 4.79 Å². The highest BCUT2D eigenvalue weighted by Crippen LogP contribution is 2.60. The lowest BCUT2D eigenvalue weighted by Crippen LogP contribution is -2.54. The van der Waals surface area contributed by atoms with Gasteiger partial charge in [-0.3, -0.25) is 4.79 Å². The molecule has 1 N–H and O–H groups in total. The highest BCUT2D eigenvalue weighted by molar-refractivity contribution is 5.74. The summed E-state index contributed by atoms with van der Waals surface area (Å²) >= 11 is 0. The number of aliphatic hydroxyl groups is 1. The third kappa shape index (κ3) is 2.97. The Bertz CT molecular complexity index is 552. The highest BCUT2D eigenvalue weighted by Gasteiger charge is 2.60. The van der Waals surface area contributed by atoms with E-state index in [2.05, 4.69) is 13.8 Å². The van der Waals surface area contributed by atoms with Gasteiger partial charge in [-0.1, -0.05) is 13.8 Å². The summed E-state index contributed by atoms with van der Waals surface area (Å²) < 4.78 is 12.2. The Kier molecular flexibility index (Phi) is 4.59. The fourth-order valence-electron chi connectivity index (χ4n) is 8.44. The molecule has 0 aromatic rings. The Morgan fingerprint density at radius 2 is 1.56 bits per heavy atom. The van der Waals surface area contributed by atoms with E-state index in [-0.39, 0.29) is 30.0 Å². The average Bonchev–Trinajstić information content (AvgIpc) is 3.10. The molecule has 27 heavy (non-hydrogen) atoms. The number of carbonyl (C=O) groups excluding carboxylic acids is 1. The Balaban J connectivity index is 1.32. The molecule has 0 spiro atoms. The molecule has 4 heteroatoms. The van der Waals surface area contributed by atoms with Crippen molar-refractivity contribution in [1.29, 1.82) is 0 Å². The molecule has 0 aromatic heterocycles. The first-order chi connectivity index (χ1) is 13.0. The molecule has 4 nitrogen and oxygen atoms in total. The minimum absolute atomic E-state index is 0.00731. The molecule has 6 aliphatic carbocycles. The molecule has 0 heterocycles. The zero-order valence-electron chi connectivity index (χ0n) is 16.9. The molecule has 6 aliphatic rings. The lowest BCUT2D eigenvalue weighted by molar-refractivity contribution is -0.196. The number of ether oxygens (including phenoxy) is 2. The number of hydrogen-bond donors (Lipinski definition) is 1. The molecule has 0 aliphatic heterocycles. The quantitative estimate of drug-likeness (QED) is 0.568. The second-order valence-corrected chi connectivity index (χ2v) is 10.8. The van der Waals surface area contributed by atoms with E-state index in [1.807, 2.05) is 0 Å². The molecule has 0 saturated heterocycles. The summed E-state index contributed by atoms with van der Waals surface area (Å²) in [7, 11) is 0. The van der Waals surface area contributed by atoms with Gasteiger partial charge in [-0.2, -0.15) is 0 Å². The van der Waals surface area contributed by atoms with Crippen LogP contribution < -0.4 is 0 Å². The molecule has 6 bridgehead atoms. The molecule has 0 amide bonds. The predicted molar refractivity (Wildman–Crippen MR) is 102 cm³/mol. The van der Waals surface area contributed by atoms with Crippen LogP contribution in [0.15, 0.2) is 0 Å². The maximum Gasteiger partial charge on any atom is 0.310 e. The minimum atomic E-state index is -0.140. The van der Waals surface area contributed by atoms with Crippen molar-refractivity contribution in [3.8, 4) is 0 Å². The van der Waals surface area contributed by atoms with Crippen LogP contribution in [0.1, 0.15) is 58.8 Å². The van der Waals surface area contributed by atoms with Gasteiger partial charge >= 0.3 is 5.97 Å². The lowest BCUT2D eigenvalue weighted by Gasteiger charge is -2.56. The second-order valence-electron chi connectivity index (χ2n) is 10.8. The van der Waals surface area contributed by atoms with Gasteiger partial charge in [0.05, 0.1) is 25.7 Å². The molecule has 6 unspecified atom stereocenters. The van der Waals surface area contributed by atoms with Gasteiger partial charge in [0.25, 0.3) is 0 Å². The fourth-order valence-corrected chi connectivity index (χ4v) is 8.44. The van der Waals surface area contributed by atoms with Gasteiger partial charge in [-0.15, -0.1) is 0 Å². The minimum Gasteiger partial charge on any atom is -0.459 e. The Morgan fingerprint density at radius 1 is 0.963 bits per heavy atom. The van der Waals surface area contributed by atoms with Gasteiger partial charge in [0.1, 0.15) is 5.60 Å². The Labute approximate surface area is 163 Å². The van der Waals surface area contributed by atoms with E-state index in [1.54, 1.807) is 0 Å². The largest absolute Gasteiger partial charge is 0.459 e. The Hall–Kier alpha value is -0.610. The molecule has 6 fully saturated rings. The fraction of sp³-hybridized carbons (Fsp3) is 0.957. The smallest absolute Gasteiger partial charge is 0.310 e. The normalized spacial score (nSPS) is 52.5. The topological polar surface area (TPSA) is 55.8 Å². The van der Waals surface area contributed by atoms with E-state index < -0.39 is 0 Å². The van der Waals surface area contributed by atoms with Crippen molar-refractivity contribution < 1.29 is 19.4 Å². The van der Waals surface area contributed by atoms with E-state index in [4.69, 9.17) is 14.6 Å². The molecule has 6 atom stereocenters. The first-order valence-electron chi connectivity index (χ1n) is 11.4. The average molecular weight is 377 g/mol. The van der Waals surface area contributed by atoms with Crippen molar-refractivity contribution in [3.05, 3.63) is 0 Å². The first kappa shape index (κ1) is 18.4. The summed E-state index contributed by atoms with van der Waals surface area (Å²) in [6, 6.07) is 0. The second kappa shape index (κ2) is 6.73. The standard InChI is InChI=1S/C23H36O4/c1-13-14(2)19-8-18(13)20(12-26-4-3-24)21(19)22(25)27-23-9-15-5-16(10-23)7-17(6-15)11-23/h13-21,24H,3-12H2,1-2H3. The summed E-state index contributed by atoms with van der Waals surface area (Å²) in [5.74, 6) is 5.03. The van der Waals surface area contributed by atoms with Gasteiger partial charge in [-0.25, -0.2) is 0 Å². The van der Waals surface area contributed by atoms with Crippen LogP contribution in [-0.4, -0.2) is 36.5 Å². The third-order valence-corrected chi connectivity index (χ3v) is 9.31. The van der Waals surface area contributed by atoms with Crippen LogP contribution in [0.2, 0.25) is 0 Å². The zero-order chi connectivity index (χ0) is 18.8. The first-order valence-corrected chi connectivity index (χ1v) is 11.4. The van der Waals surface area contributed by atoms with Gasteiger partial charge in [-0.05, 0) is 92.3 Å². The van der Waals surface area contributed by atoms with Crippen LogP contribution >= 0.6 is 0 Å². The molecular formula is C23H36O4. The highest BCUT2D eigenvalue weighted by atomic mass is 16.6. The summed E-state index contributed by atoms with van der Waals surface area (Å²) in [6.07, 6.45) is 8.61. The van der Waals surface area contributed by atoms with Crippen LogP contribution in [0.5, 0.6) is 0 Å². The van der Waals surface area contributed by atoms with E-state index >= 15 is 0 Å². The number of esters is 1. The molecule has 0 aromatic carbocycles. The van der Waals surface area contributed by atoms with Crippen molar-refractivity contribution in [2.75, 3.05) is 19.8 Å². The zero-order valence-corrected chi connectivity index (χ0v) is 16.9. The van der Waals surface area contributed by atoms with Gasteiger partial charge in [0, 0.05) is 0 Å². The van der Waals surface area contributed by atoms with E-state index in [0.29, 0.717) is 36.9 Å². The molecule has 6 rings (SSSR count). The molecule has 6 saturated carbocycles. The summed E-state index contributed by atoms with van der Waals surface area (Å²) in [5.41, 5.74) is -0.140. The van der Waals surface area contributed by atoms with Gasteiger partial charge in [0.2, 0.25) is 0 Å². The van der Waals surface area contributed by atoms with Crippen LogP contribution in [0, 0.1) is 53.3 Å². The van der Waals surface area contributed by atoms with E-state index in [0.717, 1.165) is 43.4 Å². The lowest BCUT2D eigenvalue weighted by atomic mass is 9.54. The van der Waals surface area contributed by atoms with Crippen molar-refractivity contribution in [2.45, 2.75) is 64.4 Å². The van der Waals surface area contributed by atoms with Crippen LogP contribution in [0.25, 0.3) is 0 Å². The van der Waals surface area contributed by atoms with Gasteiger partial charge in [0.15, 0.2) is 0 Å².